The first-order valence-electron chi connectivity index (χ1n) is 15.9. The number of nitrogens with zero attached hydrogens (tertiary/aromatic N) is 3. The first-order valence-corrected chi connectivity index (χ1v) is 15.9. The van der Waals surface area contributed by atoms with Gasteiger partial charge in [-0.15, -0.1) is 0 Å². The lowest BCUT2D eigenvalue weighted by Gasteiger charge is -2.39. The number of aromatic carboxylic acids is 1. The Balaban J connectivity index is 0.000000226. The number of hydrogen-bond acceptors (Lipinski definition) is 7. The summed E-state index contributed by atoms with van der Waals surface area (Å²) in [4.78, 5) is 22.1. The van der Waals surface area contributed by atoms with Crippen molar-refractivity contribution >= 4 is 23.3 Å². The summed E-state index contributed by atoms with van der Waals surface area (Å²) in [7, 11) is 2.33. The van der Waals surface area contributed by atoms with E-state index in [4.69, 9.17) is 5.73 Å². The average molecular weight is 543 g/mol. The molecule has 39 heavy (non-hydrogen) atoms. The Bertz CT molecular complexity index is 909. The number of nitrogens with two attached hydrogens (primary N) is 1. The molecule has 0 radical (unpaired) electrons. The molecule has 1 unspecified atom stereocenters. The van der Waals surface area contributed by atoms with Crippen LogP contribution in [0.4, 0.5) is 17.3 Å². The van der Waals surface area contributed by atoms with Gasteiger partial charge in [-0.05, 0) is 95.6 Å². The van der Waals surface area contributed by atoms with Crippen molar-refractivity contribution in [3.63, 3.8) is 0 Å². The van der Waals surface area contributed by atoms with Gasteiger partial charge in [0.15, 0.2) is 11.6 Å². The molecule has 8 heteroatoms. The Hall–Kier alpha value is -2.09. The normalized spacial score (nSPS) is 27.5. The number of nitrogen functional groups attached to an aromatic ring is 1. The summed E-state index contributed by atoms with van der Waals surface area (Å²) in [5, 5.41) is 16.0. The third-order valence-corrected chi connectivity index (χ3v) is 10.1. The van der Waals surface area contributed by atoms with Crippen molar-refractivity contribution in [2.45, 2.75) is 122 Å². The standard InChI is InChI=1S/C19H31N5O2.C12H23N/c1-11-6-8-13(9-7-11)10-21-15-16(20)23-18(19(25)26)24-17(15)22-12(2)14-4-3-5-14;1-13-10-6-5-9-12(13)11-7-3-2-4-8-11/h11-14,21H,3-10H2,1-2H3,(H,25,26)(H3,20,22,23,24);11-12H,2-10H2,1H3/t11?,12-,13?;/m1./s1. The van der Waals surface area contributed by atoms with E-state index < -0.39 is 5.97 Å². The van der Waals surface area contributed by atoms with E-state index in [1.54, 1.807) is 0 Å². The molecule has 0 aromatic carbocycles. The first-order chi connectivity index (χ1) is 18.8. The van der Waals surface area contributed by atoms with Crippen LogP contribution in [0.5, 0.6) is 0 Å². The Kier molecular flexibility index (Phi) is 11.1. The van der Waals surface area contributed by atoms with Crippen LogP contribution in [0, 0.1) is 23.7 Å². The number of carbonyl (C=O) groups is 1. The maximum atomic E-state index is 11.3. The number of carboxylic acids is 1. The minimum absolute atomic E-state index is 0.199. The second-order valence-electron chi connectivity index (χ2n) is 13.0. The first kappa shape index (κ1) is 29.9. The van der Waals surface area contributed by atoms with Crippen LogP contribution in [0.15, 0.2) is 0 Å². The van der Waals surface area contributed by atoms with Crippen molar-refractivity contribution in [2.24, 2.45) is 23.7 Å². The zero-order valence-electron chi connectivity index (χ0n) is 24.8. The second-order valence-corrected chi connectivity index (χ2v) is 13.0. The summed E-state index contributed by atoms with van der Waals surface area (Å²) >= 11 is 0. The number of likely N-dealkylation sites (tertiary alicyclic amines) is 1. The molecule has 3 saturated carbocycles. The van der Waals surface area contributed by atoms with Crippen molar-refractivity contribution in [1.82, 2.24) is 14.9 Å². The predicted octanol–water partition coefficient (Wildman–Crippen LogP) is 6.65. The summed E-state index contributed by atoms with van der Waals surface area (Å²) < 4.78 is 0. The largest absolute Gasteiger partial charge is 0.475 e. The zero-order chi connectivity index (χ0) is 27.8. The number of piperidine rings is 1. The highest BCUT2D eigenvalue weighted by Crippen LogP contribution is 2.35. The third kappa shape index (κ3) is 8.45. The Labute approximate surface area is 236 Å². The molecule has 1 aromatic rings. The van der Waals surface area contributed by atoms with Crippen molar-refractivity contribution in [3.05, 3.63) is 5.82 Å². The molecule has 8 nitrogen and oxygen atoms in total. The number of rotatable bonds is 8. The van der Waals surface area contributed by atoms with Crippen molar-refractivity contribution in [1.29, 1.82) is 0 Å². The molecular formula is C31H54N6O2. The molecule has 3 aliphatic carbocycles. The van der Waals surface area contributed by atoms with Gasteiger partial charge in [-0.2, -0.15) is 0 Å². The van der Waals surface area contributed by atoms with Gasteiger partial charge in [0.1, 0.15) is 5.69 Å². The van der Waals surface area contributed by atoms with Gasteiger partial charge in [-0.3, -0.25) is 0 Å². The van der Waals surface area contributed by atoms with E-state index in [1.165, 1.54) is 103 Å². The number of nitrogens with one attached hydrogen (secondary N) is 2. The van der Waals surface area contributed by atoms with Crippen LogP contribution in [-0.2, 0) is 0 Å². The van der Waals surface area contributed by atoms with Crippen molar-refractivity contribution in [3.8, 4) is 0 Å². The maximum Gasteiger partial charge on any atom is 0.374 e. The monoisotopic (exact) mass is 542 g/mol. The highest BCUT2D eigenvalue weighted by molar-refractivity contribution is 5.87. The van der Waals surface area contributed by atoms with Crippen LogP contribution >= 0.6 is 0 Å². The van der Waals surface area contributed by atoms with Crippen molar-refractivity contribution < 1.29 is 9.90 Å². The maximum absolute atomic E-state index is 11.3. The van der Waals surface area contributed by atoms with Crippen LogP contribution in [0.25, 0.3) is 0 Å². The van der Waals surface area contributed by atoms with Crippen molar-refractivity contribution in [2.75, 3.05) is 36.5 Å². The highest BCUT2D eigenvalue weighted by Gasteiger charge is 2.29. The van der Waals surface area contributed by atoms with Crippen LogP contribution < -0.4 is 16.4 Å². The predicted molar refractivity (Wildman–Crippen MR) is 160 cm³/mol. The van der Waals surface area contributed by atoms with Gasteiger partial charge in [-0.25, -0.2) is 14.8 Å². The summed E-state index contributed by atoms with van der Waals surface area (Å²) in [6, 6.07) is 1.17. The summed E-state index contributed by atoms with van der Waals surface area (Å²) in [5.74, 6) is 2.36. The number of anilines is 3. The van der Waals surface area contributed by atoms with Gasteiger partial charge in [0.2, 0.25) is 5.82 Å². The minimum Gasteiger partial charge on any atom is -0.475 e. The van der Waals surface area contributed by atoms with E-state index in [2.05, 4.69) is 46.4 Å². The fourth-order valence-electron chi connectivity index (χ4n) is 7.12. The fraction of sp³-hybridized carbons (Fsp3) is 0.839. The van der Waals surface area contributed by atoms with Gasteiger partial charge in [-0.1, -0.05) is 51.9 Å². The minimum atomic E-state index is -1.16. The molecule has 2 heterocycles. The Morgan fingerprint density at radius 2 is 1.67 bits per heavy atom. The molecule has 1 saturated heterocycles. The van der Waals surface area contributed by atoms with Crippen LogP contribution in [0.1, 0.15) is 121 Å². The smallest absolute Gasteiger partial charge is 0.374 e. The number of aromatic nitrogens is 2. The average Bonchev–Trinajstić information content (AvgIpc) is 2.89. The van der Waals surface area contributed by atoms with Gasteiger partial charge < -0.3 is 26.4 Å². The SMILES string of the molecule is CC1CCC(CNc2c(N)nc(C(=O)O)nc2N[C@H](C)C2CCC2)CC1.CN1CCCCC1C1CCCCC1. The molecule has 0 spiro atoms. The fourth-order valence-corrected chi connectivity index (χ4v) is 7.12. The second kappa shape index (κ2) is 14.5. The molecule has 0 bridgehead atoms. The Morgan fingerprint density at radius 3 is 2.28 bits per heavy atom. The highest BCUT2D eigenvalue weighted by atomic mass is 16.4. The lowest BCUT2D eigenvalue weighted by Crippen LogP contribution is -2.42. The summed E-state index contributed by atoms with van der Waals surface area (Å²) in [6.45, 7) is 6.60. The van der Waals surface area contributed by atoms with Gasteiger partial charge in [0.05, 0.1) is 0 Å². The van der Waals surface area contributed by atoms with E-state index in [-0.39, 0.29) is 17.7 Å². The molecule has 220 valence electrons. The van der Waals surface area contributed by atoms with Crippen LogP contribution in [0.3, 0.4) is 0 Å². The van der Waals surface area contributed by atoms with E-state index in [0.29, 0.717) is 23.3 Å². The van der Waals surface area contributed by atoms with Crippen LogP contribution in [-0.4, -0.2) is 58.2 Å². The molecule has 4 fully saturated rings. The van der Waals surface area contributed by atoms with E-state index >= 15 is 0 Å². The molecule has 5 rings (SSSR count). The molecule has 2 atom stereocenters. The summed E-state index contributed by atoms with van der Waals surface area (Å²) in [6.07, 6.45) is 20.5. The number of hydrogen-bond donors (Lipinski definition) is 4. The van der Waals surface area contributed by atoms with E-state index in [0.717, 1.165) is 24.4 Å². The third-order valence-electron chi connectivity index (χ3n) is 10.1. The molecule has 4 aliphatic rings. The lowest BCUT2D eigenvalue weighted by molar-refractivity contribution is 0.0684. The molecule has 1 aliphatic heterocycles. The lowest BCUT2D eigenvalue weighted by atomic mass is 9.80. The molecule has 0 amide bonds. The molecule has 1 aromatic heterocycles. The van der Waals surface area contributed by atoms with Gasteiger partial charge in [0, 0.05) is 18.6 Å². The van der Waals surface area contributed by atoms with Gasteiger partial charge in [0.25, 0.3) is 0 Å². The van der Waals surface area contributed by atoms with E-state index in [1.807, 2.05) is 0 Å². The van der Waals surface area contributed by atoms with E-state index in [9.17, 15) is 9.90 Å². The van der Waals surface area contributed by atoms with Crippen LogP contribution in [0.2, 0.25) is 0 Å². The zero-order valence-corrected chi connectivity index (χ0v) is 24.8. The quantitative estimate of drug-likeness (QED) is 0.289. The number of carboxylic acid groups (broad SMARTS) is 1. The summed E-state index contributed by atoms with van der Waals surface area (Å²) in [5.41, 5.74) is 6.72. The topological polar surface area (TPSA) is 116 Å². The Morgan fingerprint density at radius 1 is 0.974 bits per heavy atom. The van der Waals surface area contributed by atoms with Gasteiger partial charge >= 0.3 is 5.97 Å². The molecular weight excluding hydrogens is 488 g/mol. The molecule has 5 N–H and O–H groups in total.